The Bertz CT molecular complexity index is 1190. The average molecular weight is 382 g/mol. The standard InChI is InChI=1S/C21H16ClNO2S/c1-15-6-12-19(13-7-15)26(24,25)23-20-5-3-2-4-17(20)14-21(23)16-8-10-18(22)11-9-16/h2-14H,1H3. The minimum absolute atomic E-state index is 0.264. The van der Waals surface area contributed by atoms with E-state index >= 15 is 0 Å². The number of halogens is 1. The summed E-state index contributed by atoms with van der Waals surface area (Å²) in [6, 6.07) is 23.5. The lowest BCUT2D eigenvalue weighted by Crippen LogP contribution is -2.14. The molecule has 3 aromatic carbocycles. The summed E-state index contributed by atoms with van der Waals surface area (Å²) in [4.78, 5) is 0.264. The fourth-order valence-corrected chi connectivity index (χ4v) is 4.69. The second-order valence-electron chi connectivity index (χ2n) is 6.18. The van der Waals surface area contributed by atoms with Gasteiger partial charge in [0.05, 0.1) is 16.1 Å². The number of benzene rings is 3. The Hall–Kier alpha value is -2.56. The molecule has 0 atom stereocenters. The van der Waals surface area contributed by atoms with Gasteiger partial charge in [-0.25, -0.2) is 12.4 Å². The van der Waals surface area contributed by atoms with Crippen molar-refractivity contribution in [3.8, 4) is 11.3 Å². The fraction of sp³-hybridized carbons (Fsp3) is 0.0476. The van der Waals surface area contributed by atoms with Crippen molar-refractivity contribution in [2.45, 2.75) is 11.8 Å². The maximum atomic E-state index is 13.4. The van der Waals surface area contributed by atoms with Crippen LogP contribution in [0.4, 0.5) is 0 Å². The van der Waals surface area contributed by atoms with Crippen molar-refractivity contribution in [1.82, 2.24) is 3.97 Å². The van der Waals surface area contributed by atoms with Gasteiger partial charge >= 0.3 is 0 Å². The third kappa shape index (κ3) is 2.81. The lowest BCUT2D eigenvalue weighted by molar-refractivity contribution is 0.589. The van der Waals surface area contributed by atoms with Gasteiger partial charge in [-0.3, -0.25) is 0 Å². The van der Waals surface area contributed by atoms with Crippen LogP contribution in [0, 0.1) is 6.92 Å². The quantitative estimate of drug-likeness (QED) is 0.469. The van der Waals surface area contributed by atoms with Crippen molar-refractivity contribution in [1.29, 1.82) is 0 Å². The van der Waals surface area contributed by atoms with Crippen LogP contribution in [0.5, 0.6) is 0 Å². The van der Waals surface area contributed by atoms with Gasteiger partial charge in [-0.2, -0.15) is 0 Å². The molecule has 0 bridgehead atoms. The molecule has 26 heavy (non-hydrogen) atoms. The molecule has 3 nitrogen and oxygen atoms in total. The summed E-state index contributed by atoms with van der Waals surface area (Å²) in [6.07, 6.45) is 0. The molecule has 4 rings (SSSR count). The number of rotatable bonds is 3. The van der Waals surface area contributed by atoms with Crippen LogP contribution in [-0.4, -0.2) is 12.4 Å². The minimum Gasteiger partial charge on any atom is -0.233 e. The number of aromatic nitrogens is 1. The Morgan fingerprint density at radius 2 is 1.50 bits per heavy atom. The molecule has 1 aromatic heterocycles. The smallest absolute Gasteiger partial charge is 0.233 e. The summed E-state index contributed by atoms with van der Waals surface area (Å²) in [6.45, 7) is 1.93. The number of nitrogens with zero attached hydrogens (tertiary/aromatic N) is 1. The molecular weight excluding hydrogens is 366 g/mol. The molecule has 0 radical (unpaired) electrons. The van der Waals surface area contributed by atoms with E-state index in [4.69, 9.17) is 11.6 Å². The van der Waals surface area contributed by atoms with E-state index in [2.05, 4.69) is 0 Å². The number of fused-ring (bicyclic) bond motifs is 1. The topological polar surface area (TPSA) is 39.1 Å². The van der Waals surface area contributed by atoms with Gasteiger partial charge in [0.1, 0.15) is 0 Å². The summed E-state index contributed by atoms with van der Waals surface area (Å²) in [5.74, 6) is 0. The van der Waals surface area contributed by atoms with Crippen molar-refractivity contribution < 1.29 is 8.42 Å². The SMILES string of the molecule is Cc1ccc(S(=O)(=O)n2c(-c3ccc(Cl)cc3)cc3ccccc32)cc1. The van der Waals surface area contributed by atoms with Gasteiger partial charge in [0.2, 0.25) is 0 Å². The summed E-state index contributed by atoms with van der Waals surface area (Å²) in [5.41, 5.74) is 3.07. The van der Waals surface area contributed by atoms with Gasteiger partial charge in [-0.05, 0) is 48.9 Å². The first-order valence-electron chi connectivity index (χ1n) is 8.15. The maximum absolute atomic E-state index is 13.4. The molecule has 0 fully saturated rings. The first-order chi connectivity index (χ1) is 12.5. The fourth-order valence-electron chi connectivity index (χ4n) is 3.03. The molecule has 1 heterocycles. The van der Waals surface area contributed by atoms with Gasteiger partial charge in [0, 0.05) is 10.4 Å². The Kier molecular flexibility index (Phi) is 4.10. The van der Waals surface area contributed by atoms with Crippen LogP contribution in [0.3, 0.4) is 0 Å². The van der Waals surface area contributed by atoms with Crippen LogP contribution >= 0.6 is 11.6 Å². The van der Waals surface area contributed by atoms with Crippen LogP contribution in [0.15, 0.2) is 83.8 Å². The van der Waals surface area contributed by atoms with Gasteiger partial charge in [0.25, 0.3) is 10.0 Å². The molecular formula is C21H16ClNO2S. The lowest BCUT2D eigenvalue weighted by Gasteiger charge is -2.12. The third-order valence-corrected chi connectivity index (χ3v) is 6.36. The summed E-state index contributed by atoms with van der Waals surface area (Å²) in [5, 5.41) is 1.48. The predicted molar refractivity (Wildman–Crippen MR) is 106 cm³/mol. The first-order valence-corrected chi connectivity index (χ1v) is 9.97. The molecule has 0 spiro atoms. The number of hydrogen-bond donors (Lipinski definition) is 0. The summed E-state index contributed by atoms with van der Waals surface area (Å²) >= 11 is 5.99. The molecule has 130 valence electrons. The monoisotopic (exact) mass is 381 g/mol. The average Bonchev–Trinajstić information content (AvgIpc) is 3.03. The van der Waals surface area contributed by atoms with E-state index in [1.165, 1.54) is 3.97 Å². The lowest BCUT2D eigenvalue weighted by atomic mass is 10.1. The zero-order valence-corrected chi connectivity index (χ0v) is 15.6. The van der Waals surface area contributed by atoms with E-state index in [0.717, 1.165) is 16.5 Å². The molecule has 0 unspecified atom stereocenters. The normalized spacial score (nSPS) is 11.8. The molecule has 0 amide bonds. The van der Waals surface area contributed by atoms with E-state index < -0.39 is 10.0 Å². The Morgan fingerprint density at radius 3 is 2.19 bits per heavy atom. The molecule has 0 aliphatic carbocycles. The van der Waals surface area contributed by atoms with Crippen molar-refractivity contribution in [3.63, 3.8) is 0 Å². The van der Waals surface area contributed by atoms with Gasteiger partial charge in [0.15, 0.2) is 0 Å². The van der Waals surface area contributed by atoms with Crippen LogP contribution in [0.2, 0.25) is 5.02 Å². The second kappa shape index (κ2) is 6.31. The van der Waals surface area contributed by atoms with Crippen molar-refractivity contribution in [3.05, 3.63) is 89.4 Å². The zero-order valence-electron chi connectivity index (χ0n) is 14.1. The number of hydrogen-bond acceptors (Lipinski definition) is 2. The van der Waals surface area contributed by atoms with Crippen molar-refractivity contribution >= 4 is 32.5 Å². The highest BCUT2D eigenvalue weighted by molar-refractivity contribution is 7.90. The Labute approximate surface area is 157 Å². The second-order valence-corrected chi connectivity index (χ2v) is 8.40. The number of para-hydroxylation sites is 1. The summed E-state index contributed by atoms with van der Waals surface area (Å²) in [7, 11) is -3.74. The van der Waals surface area contributed by atoms with Crippen LogP contribution in [0.1, 0.15) is 5.56 Å². The third-order valence-electron chi connectivity index (χ3n) is 4.37. The molecule has 0 saturated carbocycles. The van der Waals surface area contributed by atoms with E-state index in [0.29, 0.717) is 16.2 Å². The van der Waals surface area contributed by atoms with Crippen LogP contribution in [-0.2, 0) is 10.0 Å². The molecule has 0 aliphatic rings. The van der Waals surface area contributed by atoms with E-state index in [1.54, 1.807) is 36.4 Å². The maximum Gasteiger partial charge on any atom is 0.268 e. The highest BCUT2D eigenvalue weighted by atomic mass is 35.5. The highest BCUT2D eigenvalue weighted by Crippen LogP contribution is 2.32. The molecule has 0 N–H and O–H groups in total. The highest BCUT2D eigenvalue weighted by Gasteiger charge is 2.23. The Balaban J connectivity index is 2.03. The molecule has 0 aliphatic heterocycles. The van der Waals surface area contributed by atoms with E-state index in [-0.39, 0.29) is 4.90 Å². The molecule has 0 saturated heterocycles. The van der Waals surface area contributed by atoms with Crippen molar-refractivity contribution in [2.75, 3.05) is 0 Å². The summed E-state index contributed by atoms with van der Waals surface area (Å²) < 4.78 is 28.2. The predicted octanol–water partition coefficient (Wildman–Crippen LogP) is 5.51. The van der Waals surface area contributed by atoms with E-state index in [9.17, 15) is 8.42 Å². The van der Waals surface area contributed by atoms with Crippen LogP contribution < -0.4 is 0 Å². The number of aryl methyl sites for hydroxylation is 1. The molecule has 5 heteroatoms. The van der Waals surface area contributed by atoms with Crippen LogP contribution in [0.25, 0.3) is 22.2 Å². The molecule has 4 aromatic rings. The van der Waals surface area contributed by atoms with Gasteiger partial charge in [-0.15, -0.1) is 0 Å². The zero-order chi connectivity index (χ0) is 18.3. The van der Waals surface area contributed by atoms with Gasteiger partial charge < -0.3 is 0 Å². The van der Waals surface area contributed by atoms with E-state index in [1.807, 2.05) is 49.4 Å². The minimum atomic E-state index is -3.74. The van der Waals surface area contributed by atoms with Crippen molar-refractivity contribution in [2.24, 2.45) is 0 Å². The van der Waals surface area contributed by atoms with Gasteiger partial charge in [-0.1, -0.05) is 59.6 Å². The largest absolute Gasteiger partial charge is 0.268 e. The Morgan fingerprint density at radius 1 is 0.846 bits per heavy atom. The first kappa shape index (κ1) is 16.9.